The van der Waals surface area contributed by atoms with E-state index in [4.69, 9.17) is 11.6 Å². The van der Waals surface area contributed by atoms with E-state index < -0.39 is 0 Å². The first-order chi connectivity index (χ1) is 9.18. The van der Waals surface area contributed by atoms with Crippen LogP contribution < -0.4 is 5.43 Å². The van der Waals surface area contributed by atoms with Crippen molar-refractivity contribution in [3.8, 4) is 0 Å². The number of nitrogens with zero attached hydrogens (tertiary/aromatic N) is 2. The Hall–Kier alpha value is -1.55. The van der Waals surface area contributed by atoms with Gasteiger partial charge in [-0.1, -0.05) is 23.7 Å². The number of hydrazone groups is 1. The van der Waals surface area contributed by atoms with E-state index in [1.165, 1.54) is 6.42 Å². The lowest BCUT2D eigenvalue weighted by atomic mass is 10.1. The third-order valence-electron chi connectivity index (χ3n) is 3.13. The zero-order chi connectivity index (χ0) is 13.7. The van der Waals surface area contributed by atoms with Crippen LogP contribution in [0, 0.1) is 0 Å². The van der Waals surface area contributed by atoms with E-state index in [0.29, 0.717) is 16.5 Å². The molecule has 0 radical (unpaired) electrons. The number of amidine groups is 1. The summed E-state index contributed by atoms with van der Waals surface area (Å²) in [5.74, 6) is 0.459. The molecule has 1 aliphatic heterocycles. The molecule has 1 aromatic carbocycles. The number of piperidine rings is 1. The van der Waals surface area contributed by atoms with Crippen LogP contribution in [0.1, 0.15) is 26.2 Å². The zero-order valence-corrected chi connectivity index (χ0v) is 11.8. The molecule has 1 heterocycles. The third-order valence-corrected chi connectivity index (χ3v) is 3.46. The second kappa shape index (κ2) is 6.57. The summed E-state index contributed by atoms with van der Waals surface area (Å²) < 4.78 is 0. The fraction of sp³-hybridized carbons (Fsp3) is 0.429. The molecule has 0 aromatic heterocycles. The van der Waals surface area contributed by atoms with Gasteiger partial charge >= 0.3 is 0 Å². The van der Waals surface area contributed by atoms with E-state index in [-0.39, 0.29) is 5.78 Å². The average Bonchev–Trinajstić information content (AvgIpc) is 2.42. The Kier molecular flexibility index (Phi) is 4.80. The highest BCUT2D eigenvalue weighted by Gasteiger charge is 2.18. The van der Waals surface area contributed by atoms with Crippen LogP contribution in [0.25, 0.3) is 0 Å². The number of carbonyl (C=O) groups is 1. The van der Waals surface area contributed by atoms with E-state index in [1.807, 2.05) is 23.1 Å². The summed E-state index contributed by atoms with van der Waals surface area (Å²) in [5, 5.41) is 4.83. The van der Waals surface area contributed by atoms with Gasteiger partial charge in [-0.25, -0.2) is 0 Å². The Labute approximate surface area is 118 Å². The van der Waals surface area contributed by atoms with Crippen molar-refractivity contribution in [2.24, 2.45) is 5.10 Å². The summed E-state index contributed by atoms with van der Waals surface area (Å²) in [5.41, 5.74) is 3.59. The number of Topliss-reactive ketones (excluding diaryl/α,β-unsaturated/α-hetero) is 1. The number of para-hydroxylation sites is 1. The Balaban J connectivity index is 2.12. The number of halogens is 1. The Morgan fingerprint density at radius 3 is 2.58 bits per heavy atom. The summed E-state index contributed by atoms with van der Waals surface area (Å²) in [6, 6.07) is 7.35. The SMILES string of the molecule is CC(=O)/C(=N\Nc1ccccc1Cl)N1CCCCC1. The van der Waals surface area contributed by atoms with E-state index in [2.05, 4.69) is 10.5 Å². The molecule has 0 spiro atoms. The molecule has 0 unspecified atom stereocenters. The Morgan fingerprint density at radius 1 is 1.26 bits per heavy atom. The summed E-state index contributed by atoms with van der Waals surface area (Å²) in [6.45, 7) is 3.33. The molecule has 5 heteroatoms. The molecule has 1 aliphatic rings. The quantitative estimate of drug-likeness (QED) is 0.525. The van der Waals surface area contributed by atoms with E-state index >= 15 is 0 Å². The van der Waals surface area contributed by atoms with Crippen LogP contribution in [-0.2, 0) is 4.79 Å². The van der Waals surface area contributed by atoms with Crippen LogP contribution >= 0.6 is 11.6 Å². The predicted molar refractivity (Wildman–Crippen MR) is 78.6 cm³/mol. The largest absolute Gasteiger partial charge is 0.352 e. The molecular weight excluding hydrogens is 262 g/mol. The summed E-state index contributed by atoms with van der Waals surface area (Å²) >= 11 is 6.04. The summed E-state index contributed by atoms with van der Waals surface area (Å²) in [4.78, 5) is 13.7. The van der Waals surface area contributed by atoms with Gasteiger partial charge in [-0.05, 0) is 31.4 Å². The maximum atomic E-state index is 11.7. The third kappa shape index (κ3) is 3.70. The fourth-order valence-corrected chi connectivity index (χ4v) is 2.32. The number of anilines is 1. The molecule has 19 heavy (non-hydrogen) atoms. The zero-order valence-electron chi connectivity index (χ0n) is 11.0. The van der Waals surface area contributed by atoms with E-state index in [9.17, 15) is 4.79 Å². The van der Waals surface area contributed by atoms with Crippen molar-refractivity contribution in [1.29, 1.82) is 0 Å². The van der Waals surface area contributed by atoms with Crippen molar-refractivity contribution in [2.75, 3.05) is 18.5 Å². The molecule has 1 saturated heterocycles. The number of nitrogens with one attached hydrogen (secondary N) is 1. The van der Waals surface area contributed by atoms with Crippen LogP contribution in [0.3, 0.4) is 0 Å². The maximum Gasteiger partial charge on any atom is 0.196 e. The topological polar surface area (TPSA) is 44.7 Å². The van der Waals surface area contributed by atoms with Crippen molar-refractivity contribution in [1.82, 2.24) is 4.90 Å². The van der Waals surface area contributed by atoms with Crippen LogP contribution in [0.15, 0.2) is 29.4 Å². The number of benzene rings is 1. The normalized spacial score (nSPS) is 16.3. The Bertz CT molecular complexity index is 481. The molecule has 0 aliphatic carbocycles. The first kappa shape index (κ1) is 13.9. The number of carbonyl (C=O) groups excluding carboxylic acids is 1. The molecule has 1 fully saturated rings. The van der Waals surface area contributed by atoms with Gasteiger partial charge in [0.15, 0.2) is 11.6 Å². The van der Waals surface area contributed by atoms with E-state index in [1.54, 1.807) is 13.0 Å². The first-order valence-electron chi connectivity index (χ1n) is 6.52. The number of ketones is 1. The van der Waals surface area contributed by atoms with Crippen LogP contribution in [0.5, 0.6) is 0 Å². The van der Waals surface area contributed by atoms with Gasteiger partial charge in [0.1, 0.15) is 0 Å². The minimum atomic E-state index is -0.0264. The average molecular weight is 280 g/mol. The highest BCUT2D eigenvalue weighted by Crippen LogP contribution is 2.20. The second-order valence-electron chi connectivity index (χ2n) is 4.63. The van der Waals surface area contributed by atoms with Crippen LogP contribution in [0.4, 0.5) is 5.69 Å². The molecule has 1 aromatic rings. The molecule has 102 valence electrons. The standard InChI is InChI=1S/C14H18ClN3O/c1-11(19)14(18-9-5-2-6-10-18)17-16-13-8-4-3-7-12(13)15/h3-4,7-8,16H,2,5-6,9-10H2,1H3/b17-14+. The van der Waals surface area contributed by atoms with E-state index in [0.717, 1.165) is 25.9 Å². The highest BCUT2D eigenvalue weighted by atomic mass is 35.5. The fourth-order valence-electron chi connectivity index (χ4n) is 2.14. The molecule has 0 bridgehead atoms. The molecule has 0 atom stereocenters. The lowest BCUT2D eigenvalue weighted by molar-refractivity contribution is -0.111. The van der Waals surface area contributed by atoms with Crippen LogP contribution in [0.2, 0.25) is 5.02 Å². The molecular formula is C14H18ClN3O. The smallest absolute Gasteiger partial charge is 0.196 e. The number of likely N-dealkylation sites (tertiary alicyclic amines) is 1. The maximum absolute atomic E-state index is 11.7. The molecule has 1 N–H and O–H groups in total. The predicted octanol–water partition coefficient (Wildman–Crippen LogP) is 3.14. The monoisotopic (exact) mass is 279 g/mol. The molecule has 0 amide bonds. The molecule has 0 saturated carbocycles. The minimum Gasteiger partial charge on any atom is -0.352 e. The first-order valence-corrected chi connectivity index (χ1v) is 6.90. The van der Waals surface area contributed by atoms with Gasteiger partial charge in [0.2, 0.25) is 0 Å². The van der Waals surface area contributed by atoms with Crippen molar-refractivity contribution in [3.05, 3.63) is 29.3 Å². The van der Waals surface area contributed by atoms with Gasteiger partial charge < -0.3 is 4.90 Å². The van der Waals surface area contributed by atoms with Gasteiger partial charge in [0, 0.05) is 20.0 Å². The van der Waals surface area contributed by atoms with Gasteiger partial charge in [-0.15, -0.1) is 0 Å². The van der Waals surface area contributed by atoms with Gasteiger partial charge in [-0.3, -0.25) is 10.2 Å². The molecule has 2 rings (SSSR count). The van der Waals surface area contributed by atoms with Crippen molar-refractivity contribution >= 4 is 28.9 Å². The summed E-state index contributed by atoms with van der Waals surface area (Å²) in [6.07, 6.45) is 3.44. The Morgan fingerprint density at radius 2 is 1.95 bits per heavy atom. The molecule has 4 nitrogen and oxygen atoms in total. The van der Waals surface area contributed by atoms with Crippen molar-refractivity contribution < 1.29 is 4.79 Å². The van der Waals surface area contributed by atoms with Crippen molar-refractivity contribution in [3.63, 3.8) is 0 Å². The van der Waals surface area contributed by atoms with Crippen molar-refractivity contribution in [2.45, 2.75) is 26.2 Å². The van der Waals surface area contributed by atoms with Gasteiger partial charge in [0.25, 0.3) is 0 Å². The van der Waals surface area contributed by atoms with Gasteiger partial charge in [0.05, 0.1) is 10.7 Å². The van der Waals surface area contributed by atoms with Crippen LogP contribution in [-0.4, -0.2) is 29.6 Å². The number of hydrogen-bond acceptors (Lipinski definition) is 3. The lowest BCUT2D eigenvalue weighted by Gasteiger charge is -2.28. The lowest BCUT2D eigenvalue weighted by Crippen LogP contribution is -2.39. The second-order valence-corrected chi connectivity index (χ2v) is 5.04. The highest BCUT2D eigenvalue weighted by molar-refractivity contribution is 6.38. The minimum absolute atomic E-state index is 0.0264. The number of hydrogen-bond donors (Lipinski definition) is 1. The van der Waals surface area contributed by atoms with Gasteiger partial charge in [-0.2, -0.15) is 5.10 Å². The number of rotatable bonds is 3. The summed E-state index contributed by atoms with van der Waals surface area (Å²) in [7, 11) is 0.